The maximum Gasteiger partial charge on any atom is 0.390 e. The van der Waals surface area contributed by atoms with Crippen molar-refractivity contribution in [1.82, 2.24) is 5.32 Å². The summed E-state index contributed by atoms with van der Waals surface area (Å²) in [5, 5.41) is 2.93. The second kappa shape index (κ2) is 8.77. The van der Waals surface area contributed by atoms with E-state index in [-0.39, 0.29) is 5.56 Å². The van der Waals surface area contributed by atoms with Crippen molar-refractivity contribution in [2.75, 3.05) is 6.54 Å². The topological polar surface area (TPSA) is 41.5 Å². The van der Waals surface area contributed by atoms with Gasteiger partial charge in [-0.25, -0.2) is 4.99 Å². The van der Waals surface area contributed by atoms with E-state index in [4.69, 9.17) is 16.6 Å². The molecule has 0 aromatic heterocycles. The first-order valence-electron chi connectivity index (χ1n) is 9.41. The van der Waals surface area contributed by atoms with Crippen molar-refractivity contribution in [2.24, 2.45) is 4.99 Å². The van der Waals surface area contributed by atoms with Crippen molar-refractivity contribution in [3.63, 3.8) is 0 Å². The summed E-state index contributed by atoms with van der Waals surface area (Å²) >= 11 is 7.56. The van der Waals surface area contributed by atoms with Crippen LogP contribution in [0.2, 0.25) is 5.02 Å². The van der Waals surface area contributed by atoms with Crippen molar-refractivity contribution in [3.8, 4) is 0 Å². The minimum Gasteiger partial charge on any atom is -0.352 e. The Bertz CT molecular complexity index is 1160. The summed E-state index contributed by atoms with van der Waals surface area (Å²) in [7, 11) is 0. The van der Waals surface area contributed by atoms with E-state index in [9.17, 15) is 18.0 Å². The van der Waals surface area contributed by atoms with E-state index < -0.39 is 25.0 Å². The maximum atomic E-state index is 12.4. The number of carbonyl (C=O) groups is 1. The molecule has 0 radical (unpaired) electrons. The van der Waals surface area contributed by atoms with Crippen LogP contribution in [-0.4, -0.2) is 24.3 Å². The van der Waals surface area contributed by atoms with Gasteiger partial charge in [-0.1, -0.05) is 53.7 Å². The normalized spacial score (nSPS) is 13.0. The summed E-state index contributed by atoms with van der Waals surface area (Å²) in [5.41, 5.74) is 3.38. The molecule has 4 rings (SSSR count). The van der Waals surface area contributed by atoms with Crippen LogP contribution >= 0.6 is 23.4 Å². The van der Waals surface area contributed by atoms with Gasteiger partial charge in [0.15, 0.2) is 0 Å². The molecule has 1 amide bonds. The lowest BCUT2D eigenvalue weighted by atomic mass is 10.0. The predicted molar refractivity (Wildman–Crippen MR) is 117 cm³/mol. The molecule has 0 spiro atoms. The first kappa shape index (κ1) is 21.5. The Balaban J connectivity index is 1.71. The molecule has 3 nitrogen and oxygen atoms in total. The van der Waals surface area contributed by atoms with Crippen LogP contribution in [0.5, 0.6) is 0 Å². The zero-order valence-corrected chi connectivity index (χ0v) is 17.6. The van der Waals surface area contributed by atoms with Gasteiger partial charge in [0.25, 0.3) is 5.91 Å². The van der Waals surface area contributed by atoms with Crippen LogP contribution in [0.25, 0.3) is 0 Å². The molecule has 8 heteroatoms. The van der Waals surface area contributed by atoms with Gasteiger partial charge in [0.2, 0.25) is 0 Å². The van der Waals surface area contributed by atoms with Gasteiger partial charge in [-0.3, -0.25) is 4.79 Å². The van der Waals surface area contributed by atoms with E-state index in [1.165, 1.54) is 11.8 Å². The van der Waals surface area contributed by atoms with E-state index in [1.54, 1.807) is 30.3 Å². The third kappa shape index (κ3) is 5.11. The standard InChI is InChI=1S/C23H16ClF3N2OS/c24-16-8-5-14(6-9-16)21-17-3-1-2-4-19(17)31-20-10-7-15(13-18(20)29-21)22(30)28-12-11-23(25,26)27/h1-10,13H,11-12H2,(H,28,30). The van der Waals surface area contributed by atoms with Crippen LogP contribution in [0.4, 0.5) is 18.9 Å². The highest BCUT2D eigenvalue weighted by Crippen LogP contribution is 2.41. The molecule has 0 saturated heterocycles. The van der Waals surface area contributed by atoms with Gasteiger partial charge in [-0.05, 0) is 36.4 Å². The number of rotatable bonds is 4. The third-order valence-electron chi connectivity index (χ3n) is 4.63. The molecule has 1 aliphatic heterocycles. The number of benzene rings is 3. The van der Waals surface area contributed by atoms with E-state index >= 15 is 0 Å². The highest BCUT2D eigenvalue weighted by Gasteiger charge is 2.27. The first-order valence-corrected chi connectivity index (χ1v) is 10.6. The fourth-order valence-corrected chi connectivity index (χ4v) is 4.26. The van der Waals surface area contributed by atoms with Crippen LogP contribution in [0.3, 0.4) is 0 Å². The van der Waals surface area contributed by atoms with Crippen LogP contribution in [0.1, 0.15) is 27.9 Å². The van der Waals surface area contributed by atoms with Crippen LogP contribution in [0, 0.1) is 0 Å². The van der Waals surface area contributed by atoms with Gasteiger partial charge in [0.05, 0.1) is 17.8 Å². The number of hydrogen-bond donors (Lipinski definition) is 1. The highest BCUT2D eigenvalue weighted by molar-refractivity contribution is 7.99. The molecule has 0 bridgehead atoms. The van der Waals surface area contributed by atoms with Crippen LogP contribution in [-0.2, 0) is 0 Å². The minimum atomic E-state index is -4.32. The number of aliphatic imine (C=N–C) groups is 1. The number of fused-ring (bicyclic) bond motifs is 2. The van der Waals surface area contributed by atoms with Crippen molar-refractivity contribution in [2.45, 2.75) is 22.4 Å². The van der Waals surface area contributed by atoms with Gasteiger partial charge < -0.3 is 5.32 Å². The molecule has 3 aromatic rings. The average Bonchev–Trinajstić information content (AvgIpc) is 2.89. The van der Waals surface area contributed by atoms with E-state index in [0.717, 1.165) is 26.6 Å². The van der Waals surface area contributed by atoms with E-state index in [2.05, 4.69) is 5.32 Å². The quantitative estimate of drug-likeness (QED) is 0.370. The zero-order valence-electron chi connectivity index (χ0n) is 16.0. The molecule has 158 valence electrons. The molecule has 0 unspecified atom stereocenters. The van der Waals surface area contributed by atoms with Crippen LogP contribution < -0.4 is 5.32 Å². The molecule has 0 aliphatic carbocycles. The lowest BCUT2D eigenvalue weighted by Crippen LogP contribution is -2.27. The second-order valence-corrected chi connectivity index (χ2v) is 8.39. The molecule has 0 fully saturated rings. The third-order valence-corrected chi connectivity index (χ3v) is 6.02. The maximum absolute atomic E-state index is 12.4. The summed E-state index contributed by atoms with van der Waals surface area (Å²) in [5.74, 6) is -0.568. The van der Waals surface area contributed by atoms with Gasteiger partial charge >= 0.3 is 6.18 Å². The fraction of sp³-hybridized carbons (Fsp3) is 0.130. The summed E-state index contributed by atoms with van der Waals surface area (Å²) in [6.07, 6.45) is -5.39. The lowest BCUT2D eigenvalue weighted by molar-refractivity contribution is -0.132. The molecule has 1 aliphatic rings. The average molecular weight is 461 g/mol. The van der Waals surface area contributed by atoms with E-state index in [0.29, 0.717) is 10.7 Å². The van der Waals surface area contributed by atoms with Crippen molar-refractivity contribution < 1.29 is 18.0 Å². The number of hydrogen-bond acceptors (Lipinski definition) is 3. The van der Waals surface area contributed by atoms with Crippen LogP contribution in [0.15, 0.2) is 81.5 Å². The summed E-state index contributed by atoms with van der Waals surface area (Å²) in [6.45, 7) is -0.473. The van der Waals surface area contributed by atoms with Gasteiger partial charge in [-0.15, -0.1) is 0 Å². The number of carbonyl (C=O) groups excluding carboxylic acids is 1. The molecular formula is C23H16ClF3N2OS. The van der Waals surface area contributed by atoms with Gasteiger partial charge in [0.1, 0.15) is 0 Å². The van der Waals surface area contributed by atoms with Crippen molar-refractivity contribution in [1.29, 1.82) is 0 Å². The molecular weight excluding hydrogens is 445 g/mol. The molecule has 0 saturated carbocycles. The SMILES string of the molecule is O=C(NCCC(F)(F)F)c1ccc2c(c1)N=C(c1ccc(Cl)cc1)c1ccccc1S2. The lowest BCUT2D eigenvalue weighted by Gasteiger charge is -2.09. The summed E-state index contributed by atoms with van der Waals surface area (Å²) in [6, 6.07) is 20.1. The second-order valence-electron chi connectivity index (χ2n) is 6.87. The zero-order chi connectivity index (χ0) is 22.0. The molecule has 1 heterocycles. The monoisotopic (exact) mass is 460 g/mol. The molecule has 3 aromatic carbocycles. The molecule has 0 atom stereocenters. The largest absolute Gasteiger partial charge is 0.390 e. The Labute approximate surface area is 186 Å². The molecule has 31 heavy (non-hydrogen) atoms. The Morgan fingerprint density at radius 2 is 1.74 bits per heavy atom. The smallest absolute Gasteiger partial charge is 0.352 e. The Kier molecular flexibility index (Phi) is 6.07. The Morgan fingerprint density at radius 3 is 2.48 bits per heavy atom. The number of nitrogens with zero attached hydrogens (tertiary/aromatic N) is 1. The predicted octanol–water partition coefficient (Wildman–Crippen LogP) is 6.66. The van der Waals surface area contributed by atoms with Gasteiger partial charge in [-0.2, -0.15) is 13.2 Å². The first-order chi connectivity index (χ1) is 14.8. The Morgan fingerprint density at radius 1 is 1.00 bits per heavy atom. The highest BCUT2D eigenvalue weighted by atomic mass is 35.5. The van der Waals surface area contributed by atoms with Crippen molar-refractivity contribution in [3.05, 3.63) is 88.4 Å². The summed E-state index contributed by atoms with van der Waals surface area (Å²) < 4.78 is 37.1. The summed E-state index contributed by atoms with van der Waals surface area (Å²) in [4.78, 5) is 19.1. The minimum absolute atomic E-state index is 0.256. The fourth-order valence-electron chi connectivity index (χ4n) is 3.13. The van der Waals surface area contributed by atoms with E-state index in [1.807, 2.05) is 36.4 Å². The Hall–Kier alpha value is -2.77. The number of amides is 1. The number of nitrogens with one attached hydrogen (secondary N) is 1. The van der Waals surface area contributed by atoms with Gasteiger partial charge in [0, 0.05) is 38.0 Å². The van der Waals surface area contributed by atoms with Crippen molar-refractivity contribution >= 4 is 40.7 Å². The molecule has 1 N–H and O–H groups in total. The number of halogens is 4. The number of alkyl halides is 3.